The van der Waals surface area contributed by atoms with E-state index in [0.717, 1.165) is 28.8 Å². The van der Waals surface area contributed by atoms with Crippen LogP contribution in [0.25, 0.3) is 0 Å². The lowest BCUT2D eigenvalue weighted by atomic mass is 9.98. The van der Waals surface area contributed by atoms with Crippen LogP contribution in [-0.2, 0) is 13.0 Å². The standard InChI is InChI=1S/C20H26N2O2/c1-14-10-17(12-21-15(14)2)13-22-19(23)18-7-5-6-16(11-18)8-9-20(3,4)24/h5-7,10-12,24H,8-9,13H2,1-4H3,(H,22,23). The zero-order valence-electron chi connectivity index (χ0n) is 14.9. The van der Waals surface area contributed by atoms with E-state index in [1.54, 1.807) is 20.0 Å². The van der Waals surface area contributed by atoms with Gasteiger partial charge in [-0.2, -0.15) is 0 Å². The van der Waals surface area contributed by atoms with Crippen molar-refractivity contribution in [2.75, 3.05) is 0 Å². The lowest BCUT2D eigenvalue weighted by Crippen LogP contribution is -2.23. The Hall–Kier alpha value is -2.20. The minimum absolute atomic E-state index is 0.0988. The van der Waals surface area contributed by atoms with Gasteiger partial charge < -0.3 is 10.4 Å². The molecule has 24 heavy (non-hydrogen) atoms. The second-order valence-corrected chi connectivity index (χ2v) is 6.94. The van der Waals surface area contributed by atoms with Gasteiger partial charge in [0.15, 0.2) is 0 Å². The highest BCUT2D eigenvalue weighted by Crippen LogP contribution is 2.14. The smallest absolute Gasteiger partial charge is 0.251 e. The maximum Gasteiger partial charge on any atom is 0.251 e. The maximum atomic E-state index is 12.3. The van der Waals surface area contributed by atoms with Crippen LogP contribution in [0.2, 0.25) is 0 Å². The van der Waals surface area contributed by atoms with Gasteiger partial charge in [0, 0.05) is 24.0 Å². The van der Waals surface area contributed by atoms with Crippen molar-refractivity contribution in [1.29, 1.82) is 0 Å². The fourth-order valence-corrected chi connectivity index (χ4v) is 2.40. The van der Waals surface area contributed by atoms with E-state index in [4.69, 9.17) is 0 Å². The molecule has 2 N–H and O–H groups in total. The summed E-state index contributed by atoms with van der Waals surface area (Å²) in [6.45, 7) is 8.03. The average Bonchev–Trinajstić information content (AvgIpc) is 2.53. The van der Waals surface area contributed by atoms with Gasteiger partial charge in [0.05, 0.1) is 5.60 Å². The lowest BCUT2D eigenvalue weighted by molar-refractivity contribution is 0.0714. The highest BCUT2D eigenvalue weighted by Gasteiger charge is 2.13. The van der Waals surface area contributed by atoms with Crippen LogP contribution >= 0.6 is 0 Å². The number of rotatable bonds is 6. The van der Waals surface area contributed by atoms with Gasteiger partial charge in [-0.15, -0.1) is 0 Å². The Morgan fingerprint density at radius 3 is 2.62 bits per heavy atom. The normalized spacial score (nSPS) is 11.4. The molecule has 0 spiro atoms. The van der Waals surface area contributed by atoms with Gasteiger partial charge in [0.1, 0.15) is 0 Å². The van der Waals surface area contributed by atoms with E-state index in [-0.39, 0.29) is 5.91 Å². The van der Waals surface area contributed by atoms with Gasteiger partial charge in [-0.1, -0.05) is 18.2 Å². The first-order chi connectivity index (χ1) is 11.2. The number of carbonyl (C=O) groups excluding carboxylic acids is 1. The first-order valence-corrected chi connectivity index (χ1v) is 8.26. The molecule has 128 valence electrons. The molecule has 1 aromatic heterocycles. The predicted molar refractivity (Wildman–Crippen MR) is 95.9 cm³/mol. The molecule has 0 aliphatic carbocycles. The minimum Gasteiger partial charge on any atom is -0.390 e. The molecular weight excluding hydrogens is 300 g/mol. The molecule has 0 saturated heterocycles. The average molecular weight is 326 g/mol. The molecule has 0 aliphatic rings. The number of nitrogens with zero attached hydrogens (tertiary/aromatic N) is 1. The van der Waals surface area contributed by atoms with Crippen LogP contribution in [0.1, 0.15) is 53.0 Å². The Balaban J connectivity index is 1.98. The molecule has 1 aromatic carbocycles. The first kappa shape index (κ1) is 18.1. The SMILES string of the molecule is Cc1cc(CNC(=O)c2cccc(CCC(C)(C)O)c2)cnc1C. The van der Waals surface area contributed by atoms with Crippen LogP contribution in [0.3, 0.4) is 0 Å². The van der Waals surface area contributed by atoms with Crippen molar-refractivity contribution < 1.29 is 9.90 Å². The Morgan fingerprint density at radius 2 is 1.96 bits per heavy atom. The molecule has 0 aliphatic heterocycles. The van der Waals surface area contributed by atoms with Crippen LogP contribution in [0.5, 0.6) is 0 Å². The number of benzene rings is 1. The Bertz CT molecular complexity index is 718. The third-order valence-electron chi connectivity index (χ3n) is 4.06. The number of hydrogen-bond acceptors (Lipinski definition) is 3. The van der Waals surface area contributed by atoms with Gasteiger partial charge in [-0.25, -0.2) is 0 Å². The monoisotopic (exact) mass is 326 g/mol. The van der Waals surface area contributed by atoms with Gasteiger partial charge >= 0.3 is 0 Å². The molecule has 1 heterocycles. The van der Waals surface area contributed by atoms with Crippen LogP contribution in [0.4, 0.5) is 0 Å². The predicted octanol–water partition coefficient (Wildman–Crippen LogP) is 3.33. The highest BCUT2D eigenvalue weighted by atomic mass is 16.3. The summed E-state index contributed by atoms with van der Waals surface area (Å²) in [5.41, 5.74) is 4.11. The van der Waals surface area contributed by atoms with Crippen molar-refractivity contribution in [3.8, 4) is 0 Å². The van der Waals surface area contributed by atoms with Crippen LogP contribution in [0, 0.1) is 13.8 Å². The zero-order valence-corrected chi connectivity index (χ0v) is 14.9. The largest absolute Gasteiger partial charge is 0.390 e. The summed E-state index contributed by atoms with van der Waals surface area (Å²) < 4.78 is 0. The summed E-state index contributed by atoms with van der Waals surface area (Å²) in [4.78, 5) is 16.7. The summed E-state index contributed by atoms with van der Waals surface area (Å²) >= 11 is 0. The second kappa shape index (κ2) is 7.58. The summed E-state index contributed by atoms with van der Waals surface area (Å²) in [6, 6.07) is 9.60. The number of carbonyl (C=O) groups is 1. The topological polar surface area (TPSA) is 62.2 Å². The van der Waals surface area contributed by atoms with Crippen molar-refractivity contribution in [2.45, 2.75) is 52.7 Å². The van der Waals surface area contributed by atoms with E-state index in [2.05, 4.69) is 10.3 Å². The molecule has 2 aromatic rings. The second-order valence-electron chi connectivity index (χ2n) is 6.94. The molecular formula is C20H26N2O2. The van der Waals surface area contributed by atoms with E-state index in [1.807, 2.05) is 44.2 Å². The number of amides is 1. The quantitative estimate of drug-likeness (QED) is 0.856. The number of hydrogen-bond donors (Lipinski definition) is 2. The van der Waals surface area contributed by atoms with Gasteiger partial charge in [-0.3, -0.25) is 9.78 Å². The molecule has 1 amide bonds. The van der Waals surface area contributed by atoms with E-state index in [9.17, 15) is 9.90 Å². The van der Waals surface area contributed by atoms with E-state index < -0.39 is 5.60 Å². The third kappa shape index (κ3) is 5.46. The fraction of sp³-hybridized carbons (Fsp3) is 0.400. The van der Waals surface area contributed by atoms with Crippen LogP contribution < -0.4 is 5.32 Å². The molecule has 0 unspecified atom stereocenters. The summed E-state index contributed by atoms with van der Waals surface area (Å²) in [5, 5.41) is 12.8. The van der Waals surface area contributed by atoms with E-state index in [0.29, 0.717) is 18.5 Å². The van der Waals surface area contributed by atoms with Crippen molar-refractivity contribution >= 4 is 5.91 Å². The molecule has 2 rings (SSSR count). The molecule has 0 bridgehead atoms. The van der Waals surface area contributed by atoms with E-state index in [1.165, 1.54) is 0 Å². The number of aliphatic hydroxyl groups is 1. The van der Waals surface area contributed by atoms with Crippen molar-refractivity contribution in [2.24, 2.45) is 0 Å². The third-order valence-corrected chi connectivity index (χ3v) is 4.06. The number of aromatic nitrogens is 1. The van der Waals surface area contributed by atoms with Crippen LogP contribution in [-0.4, -0.2) is 21.6 Å². The Labute approximate surface area is 143 Å². The van der Waals surface area contributed by atoms with Crippen LogP contribution in [0.15, 0.2) is 36.5 Å². The summed E-state index contributed by atoms with van der Waals surface area (Å²) in [7, 11) is 0. The Kier molecular flexibility index (Phi) is 5.73. The number of aryl methyl sites for hydroxylation is 3. The van der Waals surface area contributed by atoms with E-state index >= 15 is 0 Å². The summed E-state index contributed by atoms with van der Waals surface area (Å²) in [5.74, 6) is -0.0988. The molecule has 0 fully saturated rings. The number of nitrogens with one attached hydrogen (secondary N) is 1. The molecule has 4 nitrogen and oxygen atoms in total. The lowest BCUT2D eigenvalue weighted by Gasteiger charge is -2.16. The molecule has 0 radical (unpaired) electrons. The molecule has 0 atom stereocenters. The minimum atomic E-state index is -0.700. The molecule has 4 heteroatoms. The van der Waals surface area contributed by atoms with Crippen molar-refractivity contribution in [1.82, 2.24) is 10.3 Å². The Morgan fingerprint density at radius 1 is 1.21 bits per heavy atom. The summed E-state index contributed by atoms with van der Waals surface area (Å²) in [6.07, 6.45) is 3.19. The van der Waals surface area contributed by atoms with Crippen molar-refractivity contribution in [3.63, 3.8) is 0 Å². The highest BCUT2D eigenvalue weighted by molar-refractivity contribution is 5.94. The van der Waals surface area contributed by atoms with Gasteiger partial charge in [0.25, 0.3) is 5.91 Å². The number of pyridine rings is 1. The van der Waals surface area contributed by atoms with Crippen molar-refractivity contribution in [3.05, 3.63) is 64.5 Å². The maximum absolute atomic E-state index is 12.3. The van der Waals surface area contributed by atoms with Gasteiger partial charge in [-0.05, 0) is 69.4 Å². The fourth-order valence-electron chi connectivity index (χ4n) is 2.40. The molecule has 0 saturated carbocycles. The zero-order chi connectivity index (χ0) is 17.7. The first-order valence-electron chi connectivity index (χ1n) is 8.26. The van der Waals surface area contributed by atoms with Gasteiger partial charge in [0.2, 0.25) is 0 Å².